The van der Waals surface area contributed by atoms with Crippen molar-refractivity contribution in [3.8, 4) is 0 Å². The zero-order chi connectivity index (χ0) is 28.7. The lowest BCUT2D eigenvalue weighted by atomic mass is 9.43. The van der Waals surface area contributed by atoms with Crippen LogP contribution in [0.25, 0.3) is 0 Å². The Morgan fingerprint density at radius 3 is 2.52 bits per heavy atom. The van der Waals surface area contributed by atoms with E-state index in [-0.39, 0.29) is 35.5 Å². The van der Waals surface area contributed by atoms with E-state index < -0.39 is 36.5 Å². The van der Waals surface area contributed by atoms with Crippen LogP contribution < -0.4 is 10.6 Å². The maximum absolute atomic E-state index is 13.8. The number of nitrogens with zero attached hydrogens (tertiary/aromatic N) is 3. The Morgan fingerprint density at radius 2 is 1.88 bits per heavy atom. The summed E-state index contributed by atoms with van der Waals surface area (Å²) in [6, 6.07) is -1.11. The normalized spacial score (nSPS) is 30.2. The first-order valence-electron chi connectivity index (χ1n) is 14.5. The highest BCUT2D eigenvalue weighted by molar-refractivity contribution is 6.48. The molecule has 2 bridgehead atoms. The van der Waals surface area contributed by atoms with Gasteiger partial charge in [-0.2, -0.15) is 0 Å². The quantitative estimate of drug-likeness (QED) is 0.440. The molecule has 3 saturated carbocycles. The van der Waals surface area contributed by atoms with Crippen molar-refractivity contribution in [3.63, 3.8) is 0 Å². The average molecular weight is 555 g/mol. The molecule has 40 heavy (non-hydrogen) atoms. The number of nitrogens with one attached hydrogen (secondary N) is 2. The molecule has 2 unspecified atom stereocenters. The van der Waals surface area contributed by atoms with Crippen LogP contribution in [-0.4, -0.2) is 89.7 Å². The number of carbonyl (C=O) groups excluding carboxylic acids is 3. The number of amides is 3. The minimum absolute atomic E-state index is 0.0177. The Hall–Kier alpha value is -2.57. The number of carbonyl (C=O) groups is 3. The van der Waals surface area contributed by atoms with Gasteiger partial charge in [0.2, 0.25) is 11.8 Å². The summed E-state index contributed by atoms with van der Waals surface area (Å²) in [7, 11) is -0.609. The van der Waals surface area contributed by atoms with Crippen LogP contribution >= 0.6 is 0 Å². The molecule has 1 aromatic rings. The Bertz CT molecular complexity index is 1100. The van der Waals surface area contributed by atoms with Gasteiger partial charge in [0.25, 0.3) is 5.91 Å². The van der Waals surface area contributed by atoms with Crippen molar-refractivity contribution in [2.45, 2.75) is 84.0 Å². The van der Waals surface area contributed by atoms with Crippen molar-refractivity contribution in [3.05, 3.63) is 24.3 Å². The molecule has 2 N–H and O–H groups in total. The Labute approximate surface area is 236 Å². The van der Waals surface area contributed by atoms with E-state index in [1.165, 1.54) is 18.6 Å². The molecule has 1 aromatic heterocycles. The number of aromatic nitrogens is 2. The number of rotatable bonds is 9. The van der Waals surface area contributed by atoms with Gasteiger partial charge in [0.1, 0.15) is 11.7 Å². The van der Waals surface area contributed by atoms with Crippen LogP contribution in [0.5, 0.6) is 0 Å². The van der Waals surface area contributed by atoms with E-state index in [2.05, 4.69) is 55.2 Å². The van der Waals surface area contributed by atoms with Crippen LogP contribution in [0, 0.1) is 23.2 Å². The molecule has 11 nitrogen and oxygen atoms in total. The first kappa shape index (κ1) is 28.9. The van der Waals surface area contributed by atoms with Gasteiger partial charge in [-0.3, -0.25) is 19.4 Å². The average Bonchev–Trinajstić information content (AvgIpc) is 3.30. The second kappa shape index (κ2) is 11.4. The van der Waals surface area contributed by atoms with Crippen molar-refractivity contribution >= 4 is 24.8 Å². The smallest absolute Gasteiger partial charge is 0.404 e. The van der Waals surface area contributed by atoms with Crippen LogP contribution in [0.2, 0.25) is 0 Å². The first-order valence-corrected chi connectivity index (χ1v) is 14.5. The molecule has 0 radical (unpaired) electrons. The molecular weight excluding hydrogens is 513 g/mol. The number of ether oxygens (including phenoxy) is 1. The highest BCUT2D eigenvalue weighted by atomic mass is 16.7. The lowest BCUT2D eigenvalue weighted by Crippen LogP contribution is -2.65. The molecule has 0 spiro atoms. The van der Waals surface area contributed by atoms with Gasteiger partial charge in [-0.05, 0) is 49.4 Å². The molecule has 5 fully saturated rings. The van der Waals surface area contributed by atoms with Crippen LogP contribution in [0.1, 0.15) is 70.8 Å². The van der Waals surface area contributed by atoms with Crippen LogP contribution in [-0.2, 0) is 23.6 Å². The highest BCUT2D eigenvalue weighted by Crippen LogP contribution is 2.65. The summed E-state index contributed by atoms with van der Waals surface area (Å²) in [5.41, 5.74) is -0.135. The fraction of sp³-hybridized carbons (Fsp3) is 0.750. The summed E-state index contributed by atoms with van der Waals surface area (Å²) in [6.07, 6.45) is 6.70. The molecule has 3 aliphatic carbocycles. The predicted molar refractivity (Wildman–Crippen MR) is 147 cm³/mol. The lowest BCUT2D eigenvalue weighted by Gasteiger charge is -2.64. The number of hydrogen-bond donors (Lipinski definition) is 2. The fourth-order valence-corrected chi connectivity index (χ4v) is 7.07. The van der Waals surface area contributed by atoms with E-state index in [4.69, 9.17) is 14.0 Å². The van der Waals surface area contributed by atoms with E-state index in [1.54, 1.807) is 4.90 Å². The third-order valence-corrected chi connectivity index (χ3v) is 9.51. The van der Waals surface area contributed by atoms with Gasteiger partial charge in [-0.15, -0.1) is 0 Å². The minimum atomic E-state index is -1.11. The van der Waals surface area contributed by atoms with Gasteiger partial charge in [0, 0.05) is 25.5 Å². The summed E-state index contributed by atoms with van der Waals surface area (Å²) in [5, 5.41) is 5.82. The zero-order valence-corrected chi connectivity index (χ0v) is 24.2. The maximum atomic E-state index is 13.8. The van der Waals surface area contributed by atoms with E-state index >= 15 is 0 Å². The van der Waals surface area contributed by atoms with E-state index in [1.807, 2.05) is 0 Å². The van der Waals surface area contributed by atoms with Crippen molar-refractivity contribution in [2.75, 3.05) is 26.3 Å². The lowest BCUT2D eigenvalue weighted by molar-refractivity contribution is -0.199. The molecule has 6 rings (SSSR count). The minimum Gasteiger partial charge on any atom is -0.404 e. The predicted octanol–water partition coefficient (Wildman–Crippen LogP) is 1.62. The standard InChI is InChI=1S/C28H42BN5O6/c1-17(2)12-23(29-39-22-14-18-13-21(27(18,3)4)28(22,5)40-29)33-25(36)19(15-24(35)34-8-10-38-11-9-34)32-26(37)20-16-30-6-7-31-20/h6-7,16-19,21-23H,8-15H2,1-5H3,(H,32,37)(H,33,36)/t18-,19?,21-,22+,23?,28-/m0/s1. The van der Waals surface area contributed by atoms with Gasteiger partial charge >= 0.3 is 7.12 Å². The third-order valence-electron chi connectivity index (χ3n) is 9.51. The maximum Gasteiger partial charge on any atom is 0.481 e. The van der Waals surface area contributed by atoms with E-state index in [0.717, 1.165) is 12.8 Å². The van der Waals surface area contributed by atoms with Gasteiger partial charge in [-0.1, -0.05) is 27.7 Å². The Kier molecular flexibility index (Phi) is 8.23. The molecule has 12 heteroatoms. The van der Waals surface area contributed by atoms with Crippen molar-refractivity contribution in [2.24, 2.45) is 23.2 Å². The van der Waals surface area contributed by atoms with Gasteiger partial charge in [-0.25, -0.2) is 4.98 Å². The highest BCUT2D eigenvalue weighted by Gasteiger charge is 2.68. The van der Waals surface area contributed by atoms with Crippen molar-refractivity contribution in [1.29, 1.82) is 0 Å². The topological polar surface area (TPSA) is 132 Å². The fourth-order valence-electron chi connectivity index (χ4n) is 7.07. The van der Waals surface area contributed by atoms with Gasteiger partial charge in [0.15, 0.2) is 0 Å². The summed E-state index contributed by atoms with van der Waals surface area (Å²) >= 11 is 0. The largest absolute Gasteiger partial charge is 0.481 e. The molecule has 0 aromatic carbocycles. The Balaban J connectivity index is 1.32. The number of hydrogen-bond acceptors (Lipinski definition) is 8. The van der Waals surface area contributed by atoms with Gasteiger partial charge in [0.05, 0.1) is 43.5 Å². The molecule has 2 saturated heterocycles. The van der Waals surface area contributed by atoms with E-state index in [9.17, 15) is 14.4 Å². The second-order valence-corrected chi connectivity index (χ2v) is 12.9. The SMILES string of the molecule is CC(C)CC(NC(=O)C(CC(=O)N1CCOCC1)NC(=O)c1cnccn1)B1O[C@@H]2C[C@@H]3C[C@@H](C3(C)C)[C@]2(C)O1. The van der Waals surface area contributed by atoms with Crippen molar-refractivity contribution in [1.82, 2.24) is 25.5 Å². The summed E-state index contributed by atoms with van der Waals surface area (Å²) in [4.78, 5) is 49.5. The molecule has 6 atom stereocenters. The van der Waals surface area contributed by atoms with Crippen LogP contribution in [0.4, 0.5) is 0 Å². The monoisotopic (exact) mass is 555 g/mol. The van der Waals surface area contributed by atoms with Gasteiger partial charge < -0.3 is 29.6 Å². The third kappa shape index (κ3) is 5.62. The van der Waals surface area contributed by atoms with Crippen LogP contribution in [0.15, 0.2) is 18.6 Å². The van der Waals surface area contributed by atoms with E-state index in [0.29, 0.717) is 44.6 Å². The zero-order valence-electron chi connectivity index (χ0n) is 24.2. The molecule has 5 aliphatic rings. The molecule has 3 amide bonds. The summed E-state index contributed by atoms with van der Waals surface area (Å²) in [6.45, 7) is 12.7. The second-order valence-electron chi connectivity index (χ2n) is 12.9. The molecule has 3 heterocycles. The summed E-state index contributed by atoms with van der Waals surface area (Å²) < 4.78 is 18.5. The summed E-state index contributed by atoms with van der Waals surface area (Å²) in [5.74, 6) is -0.432. The Morgan fingerprint density at radius 1 is 1.12 bits per heavy atom. The molecular formula is C28H42BN5O6. The van der Waals surface area contributed by atoms with Crippen LogP contribution in [0.3, 0.4) is 0 Å². The number of morpholine rings is 1. The molecule has 2 aliphatic heterocycles. The van der Waals surface area contributed by atoms with Crippen molar-refractivity contribution < 1.29 is 28.4 Å². The molecule has 218 valence electrons. The first-order chi connectivity index (χ1) is 19.0.